The van der Waals surface area contributed by atoms with E-state index in [9.17, 15) is 0 Å². The van der Waals surface area contributed by atoms with Gasteiger partial charge in [0.1, 0.15) is 0 Å². The van der Waals surface area contributed by atoms with Crippen molar-refractivity contribution in [3.63, 3.8) is 0 Å². The molecule has 0 fully saturated rings. The number of aliphatic imine (C=N–C) groups is 2. The minimum Gasteiger partial charge on any atom is -0.403 e. The fraction of sp³-hybridized carbons (Fsp3) is 0.0645. The van der Waals surface area contributed by atoms with Gasteiger partial charge in [-0.05, 0) is 72.5 Å². The lowest BCUT2D eigenvalue weighted by Gasteiger charge is -2.08. The Balaban J connectivity index is 1.40. The molecule has 0 saturated carbocycles. The first kappa shape index (κ1) is 23.8. The minimum absolute atomic E-state index is 0.904. The molecule has 4 aromatic carbocycles. The number of aromatic nitrogens is 2. The predicted octanol–water partition coefficient (Wildman–Crippen LogP) is 6.99. The van der Waals surface area contributed by atoms with Crippen LogP contribution in [-0.2, 0) is 0 Å². The average Bonchev–Trinajstić information content (AvgIpc) is 3.45. The molecule has 6 heteroatoms. The molecule has 5 rings (SSSR count). The fourth-order valence-corrected chi connectivity index (χ4v) is 4.30. The summed E-state index contributed by atoms with van der Waals surface area (Å²) in [5, 5.41) is 5.28. The molecule has 5 aromatic rings. The van der Waals surface area contributed by atoms with E-state index < -0.39 is 0 Å². The molecule has 0 aliphatic heterocycles. The maximum Gasteiger partial charge on any atom is 0.0991 e. The van der Waals surface area contributed by atoms with Gasteiger partial charge in [0.25, 0.3) is 0 Å². The smallest absolute Gasteiger partial charge is 0.0991 e. The third-order valence-corrected chi connectivity index (χ3v) is 6.17. The van der Waals surface area contributed by atoms with Gasteiger partial charge < -0.3 is 15.6 Å². The Bertz CT molecular complexity index is 1630. The van der Waals surface area contributed by atoms with Crippen molar-refractivity contribution in [1.29, 1.82) is 0 Å². The van der Waals surface area contributed by atoms with Gasteiger partial charge in [0, 0.05) is 59.4 Å². The second-order valence-electron chi connectivity index (χ2n) is 8.76. The van der Waals surface area contributed by atoms with Crippen molar-refractivity contribution in [2.75, 3.05) is 5.32 Å². The molecule has 37 heavy (non-hydrogen) atoms. The third-order valence-electron chi connectivity index (χ3n) is 6.17. The summed E-state index contributed by atoms with van der Waals surface area (Å²) in [4.78, 5) is 13.8. The van der Waals surface area contributed by atoms with Gasteiger partial charge in [-0.2, -0.15) is 0 Å². The molecule has 0 aliphatic carbocycles. The van der Waals surface area contributed by atoms with Crippen molar-refractivity contribution in [1.82, 2.24) is 9.55 Å². The Morgan fingerprint density at radius 3 is 2.03 bits per heavy atom. The zero-order valence-corrected chi connectivity index (χ0v) is 20.8. The number of anilines is 1. The summed E-state index contributed by atoms with van der Waals surface area (Å²) in [6.45, 7) is 4.15. The van der Waals surface area contributed by atoms with E-state index >= 15 is 0 Å². The zero-order chi connectivity index (χ0) is 25.6. The highest BCUT2D eigenvalue weighted by Gasteiger charge is 2.05. The first-order valence-corrected chi connectivity index (χ1v) is 12.1. The molecule has 0 spiro atoms. The Labute approximate surface area is 216 Å². The highest BCUT2D eigenvalue weighted by atomic mass is 15.0. The molecule has 1 heterocycles. The lowest BCUT2D eigenvalue weighted by atomic mass is 10.1. The number of benzene rings is 4. The predicted molar refractivity (Wildman–Crippen MR) is 155 cm³/mol. The second-order valence-corrected chi connectivity index (χ2v) is 8.76. The van der Waals surface area contributed by atoms with E-state index in [0.717, 1.165) is 55.8 Å². The standard InChI is InChI=1S/C31H28N6/c1-22-17-24(7-9-28(22)34-14-13-32)19-35-29-10-11-30(27-6-4-3-5-26(27)29)36-20-25-8-12-31(23(2)18-25)37-16-15-33-21-37/h3-21,34H,32H2,1-2H3/b14-13-,35-19?,36-20?. The lowest BCUT2D eigenvalue weighted by Crippen LogP contribution is -1.95. The number of nitrogens with zero attached hydrogens (tertiary/aromatic N) is 4. The highest BCUT2D eigenvalue weighted by Crippen LogP contribution is 2.33. The number of hydrogen-bond donors (Lipinski definition) is 2. The summed E-state index contributed by atoms with van der Waals surface area (Å²) in [6.07, 6.45) is 12.5. The normalized spacial score (nSPS) is 11.8. The molecule has 0 bridgehead atoms. The molecule has 0 radical (unpaired) electrons. The monoisotopic (exact) mass is 484 g/mol. The number of hydrogen-bond acceptors (Lipinski definition) is 5. The largest absolute Gasteiger partial charge is 0.403 e. The van der Waals surface area contributed by atoms with Gasteiger partial charge in [0.2, 0.25) is 0 Å². The van der Waals surface area contributed by atoms with Crippen LogP contribution in [0.4, 0.5) is 17.1 Å². The van der Waals surface area contributed by atoms with Gasteiger partial charge in [-0.1, -0.05) is 36.4 Å². The van der Waals surface area contributed by atoms with E-state index in [1.54, 1.807) is 18.7 Å². The van der Waals surface area contributed by atoms with Gasteiger partial charge in [-0.25, -0.2) is 4.98 Å². The fourth-order valence-electron chi connectivity index (χ4n) is 4.30. The maximum atomic E-state index is 5.43. The molecule has 0 saturated heterocycles. The molecule has 3 N–H and O–H groups in total. The van der Waals surface area contributed by atoms with Crippen LogP contribution in [0, 0.1) is 13.8 Å². The van der Waals surface area contributed by atoms with Crippen molar-refractivity contribution < 1.29 is 0 Å². The maximum absolute atomic E-state index is 5.43. The molecular formula is C31H28N6. The zero-order valence-electron chi connectivity index (χ0n) is 20.8. The van der Waals surface area contributed by atoms with E-state index in [1.807, 2.05) is 59.6 Å². The van der Waals surface area contributed by atoms with E-state index in [0.29, 0.717) is 0 Å². The summed E-state index contributed by atoms with van der Waals surface area (Å²) >= 11 is 0. The van der Waals surface area contributed by atoms with E-state index in [1.165, 1.54) is 6.20 Å². The number of nitrogens with two attached hydrogens (primary N) is 1. The van der Waals surface area contributed by atoms with Crippen LogP contribution in [0.5, 0.6) is 0 Å². The summed E-state index contributed by atoms with van der Waals surface area (Å²) in [5.74, 6) is 0. The Morgan fingerprint density at radius 1 is 0.811 bits per heavy atom. The summed E-state index contributed by atoms with van der Waals surface area (Å²) in [5.41, 5.74) is 13.7. The van der Waals surface area contributed by atoms with Crippen molar-refractivity contribution in [3.05, 3.63) is 126 Å². The highest BCUT2D eigenvalue weighted by molar-refractivity contribution is 6.02. The van der Waals surface area contributed by atoms with Crippen LogP contribution in [0.25, 0.3) is 16.5 Å². The first-order chi connectivity index (χ1) is 18.1. The third kappa shape index (κ3) is 5.33. The Kier molecular flexibility index (Phi) is 6.90. The van der Waals surface area contributed by atoms with Crippen molar-refractivity contribution in [2.45, 2.75) is 13.8 Å². The van der Waals surface area contributed by atoms with Gasteiger partial charge in [0.05, 0.1) is 17.7 Å². The van der Waals surface area contributed by atoms with E-state index in [-0.39, 0.29) is 0 Å². The molecule has 6 nitrogen and oxygen atoms in total. The Morgan fingerprint density at radius 2 is 1.46 bits per heavy atom. The van der Waals surface area contributed by atoms with Crippen LogP contribution < -0.4 is 11.1 Å². The van der Waals surface area contributed by atoms with Gasteiger partial charge in [-0.3, -0.25) is 9.98 Å². The average molecular weight is 485 g/mol. The SMILES string of the molecule is Cc1cc(C=Nc2ccc(N=Cc3ccc(-n4ccnc4)c(C)c3)c3ccccc23)ccc1N/C=C\N. The first-order valence-electron chi connectivity index (χ1n) is 12.1. The topological polar surface area (TPSA) is 80.6 Å². The van der Waals surface area contributed by atoms with Crippen molar-refractivity contribution in [3.8, 4) is 5.69 Å². The van der Waals surface area contributed by atoms with Crippen molar-refractivity contribution in [2.24, 2.45) is 15.7 Å². The molecule has 0 aliphatic rings. The van der Waals surface area contributed by atoms with Crippen LogP contribution in [-0.4, -0.2) is 22.0 Å². The lowest BCUT2D eigenvalue weighted by molar-refractivity contribution is 1.04. The summed E-state index contributed by atoms with van der Waals surface area (Å²) < 4.78 is 2.01. The molecule has 1 aromatic heterocycles. The second kappa shape index (κ2) is 10.7. The summed E-state index contributed by atoms with van der Waals surface area (Å²) in [6, 6.07) is 24.7. The van der Waals surface area contributed by atoms with E-state index in [2.05, 4.69) is 60.5 Å². The number of nitrogens with one attached hydrogen (secondary N) is 1. The number of fused-ring (bicyclic) bond motifs is 1. The summed E-state index contributed by atoms with van der Waals surface area (Å²) in [7, 11) is 0. The van der Waals surface area contributed by atoms with Crippen LogP contribution in [0.1, 0.15) is 22.3 Å². The number of rotatable bonds is 7. The van der Waals surface area contributed by atoms with Crippen LogP contribution in [0.3, 0.4) is 0 Å². The van der Waals surface area contributed by atoms with Gasteiger partial charge in [-0.15, -0.1) is 0 Å². The number of imidazole rings is 1. The Hall–Kier alpha value is -4.97. The van der Waals surface area contributed by atoms with E-state index in [4.69, 9.17) is 15.7 Å². The van der Waals surface area contributed by atoms with Gasteiger partial charge >= 0.3 is 0 Å². The van der Waals surface area contributed by atoms with Crippen LogP contribution in [0.2, 0.25) is 0 Å². The molecule has 0 amide bonds. The van der Waals surface area contributed by atoms with Crippen LogP contribution in [0.15, 0.2) is 114 Å². The molecule has 0 atom stereocenters. The molecular weight excluding hydrogens is 456 g/mol. The molecule has 0 unspecified atom stereocenters. The number of aryl methyl sites for hydroxylation is 2. The minimum atomic E-state index is 0.904. The van der Waals surface area contributed by atoms with Crippen molar-refractivity contribution >= 4 is 40.3 Å². The quantitative estimate of drug-likeness (QED) is 0.244. The van der Waals surface area contributed by atoms with Gasteiger partial charge in [0.15, 0.2) is 0 Å². The molecule has 182 valence electrons. The van der Waals surface area contributed by atoms with Crippen LogP contribution >= 0.6 is 0 Å².